The van der Waals surface area contributed by atoms with Gasteiger partial charge in [0.1, 0.15) is 5.82 Å². The lowest BCUT2D eigenvalue weighted by Gasteiger charge is -2.01. The molecule has 0 aliphatic carbocycles. The first kappa shape index (κ1) is 13.6. The van der Waals surface area contributed by atoms with Crippen LogP contribution in [0.5, 0.6) is 5.75 Å². The van der Waals surface area contributed by atoms with Gasteiger partial charge in [-0.25, -0.2) is 13.2 Å². The lowest BCUT2D eigenvalue weighted by atomic mass is 10.2. The third-order valence-corrected chi connectivity index (χ3v) is 2.96. The van der Waals surface area contributed by atoms with Crippen molar-refractivity contribution >= 4 is 27.8 Å². The molecule has 2 aromatic carbocycles. The van der Waals surface area contributed by atoms with Gasteiger partial charge in [0.2, 0.25) is 0 Å². The molecule has 0 amide bonds. The van der Waals surface area contributed by atoms with Crippen molar-refractivity contribution in [1.82, 2.24) is 0 Å². The van der Waals surface area contributed by atoms with Crippen molar-refractivity contribution in [2.24, 2.45) is 4.99 Å². The van der Waals surface area contributed by atoms with Crippen LogP contribution in [-0.4, -0.2) is 11.3 Å². The summed E-state index contributed by atoms with van der Waals surface area (Å²) in [6, 6.07) is 5.72. The number of aliphatic imine (C=N–C) groups is 1. The van der Waals surface area contributed by atoms with Crippen LogP contribution in [0.1, 0.15) is 5.56 Å². The molecular weight excluding hydrogens is 323 g/mol. The molecule has 2 rings (SSSR count). The van der Waals surface area contributed by atoms with Gasteiger partial charge in [0.05, 0.1) is 10.2 Å². The molecule has 2 nitrogen and oxygen atoms in total. The van der Waals surface area contributed by atoms with Crippen LogP contribution in [0, 0.1) is 17.5 Å². The Balaban J connectivity index is 2.38. The summed E-state index contributed by atoms with van der Waals surface area (Å²) < 4.78 is 39.5. The fourth-order valence-electron chi connectivity index (χ4n) is 1.39. The second-order valence-corrected chi connectivity index (χ2v) is 4.51. The van der Waals surface area contributed by atoms with Gasteiger partial charge in [0.25, 0.3) is 0 Å². The molecule has 2 aromatic rings. The number of phenols is 1. The second-order valence-electron chi connectivity index (χ2n) is 3.65. The van der Waals surface area contributed by atoms with Crippen molar-refractivity contribution in [3.8, 4) is 5.75 Å². The number of halogens is 4. The molecule has 0 spiro atoms. The van der Waals surface area contributed by atoms with Crippen LogP contribution in [0.2, 0.25) is 0 Å². The minimum absolute atomic E-state index is 0.0597. The van der Waals surface area contributed by atoms with Crippen LogP contribution in [0.15, 0.2) is 39.8 Å². The predicted octanol–water partition coefficient (Wildman–Crippen LogP) is 4.32. The number of hydrogen-bond donors (Lipinski definition) is 1. The number of nitrogens with zero attached hydrogens (tertiary/aromatic N) is 1. The average molecular weight is 330 g/mol. The molecule has 0 unspecified atom stereocenters. The number of para-hydroxylation sites is 1. The fraction of sp³-hybridized carbons (Fsp3) is 0. The monoisotopic (exact) mass is 329 g/mol. The van der Waals surface area contributed by atoms with E-state index in [1.54, 1.807) is 0 Å². The summed E-state index contributed by atoms with van der Waals surface area (Å²) in [6.07, 6.45) is 1.10. The molecule has 6 heteroatoms. The van der Waals surface area contributed by atoms with E-state index in [2.05, 4.69) is 20.9 Å². The maximum absolute atomic E-state index is 13.4. The Labute approximate surface area is 115 Å². The summed E-state index contributed by atoms with van der Waals surface area (Å²) in [6.45, 7) is 0. The summed E-state index contributed by atoms with van der Waals surface area (Å²) in [4.78, 5) is 3.76. The molecule has 0 radical (unpaired) electrons. The highest BCUT2D eigenvalue weighted by atomic mass is 79.9. The largest absolute Gasteiger partial charge is 0.504 e. The highest BCUT2D eigenvalue weighted by Crippen LogP contribution is 2.26. The number of benzene rings is 2. The molecule has 0 atom stereocenters. The van der Waals surface area contributed by atoms with Crippen molar-refractivity contribution in [2.75, 3.05) is 0 Å². The van der Waals surface area contributed by atoms with Crippen molar-refractivity contribution in [3.63, 3.8) is 0 Å². The van der Waals surface area contributed by atoms with Gasteiger partial charge in [0, 0.05) is 17.8 Å². The van der Waals surface area contributed by atoms with Crippen molar-refractivity contribution < 1.29 is 18.3 Å². The van der Waals surface area contributed by atoms with E-state index in [1.165, 1.54) is 12.1 Å². The van der Waals surface area contributed by atoms with Crippen molar-refractivity contribution in [2.45, 2.75) is 0 Å². The molecule has 19 heavy (non-hydrogen) atoms. The number of phenolic OH excluding ortho intramolecular Hbond substituents is 1. The van der Waals surface area contributed by atoms with E-state index in [0.717, 1.165) is 18.3 Å². The first-order valence-corrected chi connectivity index (χ1v) is 5.94. The van der Waals surface area contributed by atoms with E-state index in [4.69, 9.17) is 0 Å². The molecule has 0 aromatic heterocycles. The van der Waals surface area contributed by atoms with E-state index in [-0.39, 0.29) is 15.7 Å². The number of rotatable bonds is 2. The van der Waals surface area contributed by atoms with Crippen LogP contribution >= 0.6 is 15.9 Å². The smallest absolute Gasteiger partial charge is 0.165 e. The third kappa shape index (κ3) is 2.96. The molecular formula is C13H7BrF3NO. The van der Waals surface area contributed by atoms with Crippen LogP contribution in [0.3, 0.4) is 0 Å². The van der Waals surface area contributed by atoms with E-state index in [0.29, 0.717) is 6.07 Å². The molecule has 0 saturated heterocycles. The summed E-state index contributed by atoms with van der Waals surface area (Å²) in [5.41, 5.74) is -0.0308. The molecule has 1 N–H and O–H groups in total. The van der Waals surface area contributed by atoms with Gasteiger partial charge >= 0.3 is 0 Å². The average Bonchev–Trinajstić information content (AvgIpc) is 2.37. The van der Waals surface area contributed by atoms with Gasteiger partial charge in [-0.2, -0.15) is 0 Å². The fourth-order valence-corrected chi connectivity index (χ4v) is 1.72. The zero-order valence-electron chi connectivity index (χ0n) is 9.37. The normalized spacial score (nSPS) is 11.2. The standard InChI is InChI=1S/C13H7BrF3NO/c14-8-4-12(11(17)5-10(8)16)18-6-7-2-1-3-9(15)13(7)19/h1-6,19H. The predicted molar refractivity (Wildman–Crippen MR) is 69.4 cm³/mol. The minimum atomic E-state index is -0.854. The van der Waals surface area contributed by atoms with Crippen LogP contribution < -0.4 is 0 Å². The SMILES string of the molecule is Oc1c(F)cccc1C=Nc1cc(Br)c(F)cc1F. The summed E-state index contributed by atoms with van der Waals surface area (Å²) >= 11 is 2.91. The molecule has 98 valence electrons. The maximum Gasteiger partial charge on any atom is 0.165 e. The Hall–Kier alpha value is -1.82. The van der Waals surface area contributed by atoms with Gasteiger partial charge in [0.15, 0.2) is 17.4 Å². The highest BCUT2D eigenvalue weighted by Gasteiger charge is 2.08. The van der Waals surface area contributed by atoms with Crippen molar-refractivity contribution in [1.29, 1.82) is 0 Å². The van der Waals surface area contributed by atoms with Gasteiger partial charge < -0.3 is 5.11 Å². The van der Waals surface area contributed by atoms with Crippen molar-refractivity contribution in [3.05, 3.63) is 57.8 Å². The number of aromatic hydroxyl groups is 1. The quantitative estimate of drug-likeness (QED) is 0.645. The first-order chi connectivity index (χ1) is 8.99. The Morgan fingerprint density at radius 1 is 1.05 bits per heavy atom. The Kier molecular flexibility index (Phi) is 3.90. The Morgan fingerprint density at radius 3 is 2.53 bits per heavy atom. The van der Waals surface area contributed by atoms with Gasteiger partial charge in [-0.15, -0.1) is 0 Å². The van der Waals surface area contributed by atoms with Crippen LogP contribution in [0.25, 0.3) is 0 Å². The second kappa shape index (κ2) is 5.44. The zero-order chi connectivity index (χ0) is 14.0. The lowest BCUT2D eigenvalue weighted by molar-refractivity contribution is 0.431. The Bertz CT molecular complexity index is 659. The molecule has 0 saturated carbocycles. The third-order valence-electron chi connectivity index (χ3n) is 2.35. The zero-order valence-corrected chi connectivity index (χ0v) is 11.0. The first-order valence-electron chi connectivity index (χ1n) is 5.15. The maximum atomic E-state index is 13.4. The van der Waals surface area contributed by atoms with Gasteiger partial charge in [-0.1, -0.05) is 6.07 Å². The molecule has 0 heterocycles. The highest BCUT2D eigenvalue weighted by molar-refractivity contribution is 9.10. The Morgan fingerprint density at radius 2 is 1.79 bits per heavy atom. The van der Waals surface area contributed by atoms with Gasteiger partial charge in [-0.05, 0) is 34.1 Å². The van der Waals surface area contributed by atoms with E-state index in [9.17, 15) is 18.3 Å². The van der Waals surface area contributed by atoms with Crippen LogP contribution in [0.4, 0.5) is 18.9 Å². The summed E-state index contributed by atoms with van der Waals surface area (Å²) in [5, 5.41) is 9.41. The van der Waals surface area contributed by atoms with E-state index >= 15 is 0 Å². The lowest BCUT2D eigenvalue weighted by Crippen LogP contribution is -1.87. The minimum Gasteiger partial charge on any atom is -0.504 e. The molecule has 0 bridgehead atoms. The molecule has 0 fully saturated rings. The number of hydrogen-bond acceptors (Lipinski definition) is 2. The van der Waals surface area contributed by atoms with Gasteiger partial charge in [-0.3, -0.25) is 4.99 Å². The van der Waals surface area contributed by atoms with Crippen LogP contribution in [-0.2, 0) is 0 Å². The topological polar surface area (TPSA) is 32.6 Å². The summed E-state index contributed by atoms with van der Waals surface area (Å²) in [5.74, 6) is -2.98. The van der Waals surface area contributed by atoms with E-state index in [1.807, 2.05) is 0 Å². The summed E-state index contributed by atoms with van der Waals surface area (Å²) in [7, 11) is 0. The molecule has 0 aliphatic heterocycles. The molecule has 0 aliphatic rings. The van der Waals surface area contributed by atoms with E-state index < -0.39 is 23.2 Å².